The van der Waals surface area contributed by atoms with Gasteiger partial charge in [0.05, 0.1) is 33.8 Å². The average molecular weight is 903 g/mol. The Morgan fingerprint density at radius 1 is 0.323 bits per heavy atom. The number of aryl methyl sites for hydroxylation is 2. The molecule has 8 aromatic rings. The van der Waals surface area contributed by atoms with Crippen molar-refractivity contribution in [2.24, 2.45) is 0 Å². The normalized spacial score (nSPS) is 11.5. The Bertz CT molecular complexity index is 3040. The quantitative estimate of drug-likeness (QED) is 0.113. The van der Waals surface area contributed by atoms with Crippen LogP contribution in [0.15, 0.2) is 214 Å². The van der Waals surface area contributed by atoms with Crippen molar-refractivity contribution in [1.82, 2.24) is 0 Å². The first-order valence-corrected chi connectivity index (χ1v) is 23.8. The number of hydrogen-bond donors (Lipinski definition) is 0. The Labute approximate surface area is 382 Å². The van der Waals surface area contributed by atoms with Crippen LogP contribution in [0.4, 0.5) is 0 Å². The monoisotopic (exact) mass is 902 g/mol. The van der Waals surface area contributed by atoms with Gasteiger partial charge in [0.25, 0.3) is 0 Å². The number of ether oxygens (including phenoxy) is 4. The minimum Gasteiger partial charge on any atom is -0.497 e. The third-order valence-electron chi connectivity index (χ3n) is 11.1. The topological polar surface area (TPSA) is 105 Å². The fourth-order valence-corrected chi connectivity index (χ4v) is 9.49. The molecule has 0 saturated heterocycles. The molecule has 10 heteroatoms. The van der Waals surface area contributed by atoms with Crippen molar-refractivity contribution in [3.63, 3.8) is 0 Å². The first-order valence-electron chi connectivity index (χ1n) is 20.8. The molecule has 0 aliphatic heterocycles. The van der Waals surface area contributed by atoms with E-state index in [1.807, 2.05) is 36.4 Å². The highest BCUT2D eigenvalue weighted by Gasteiger charge is 2.23. The van der Waals surface area contributed by atoms with Gasteiger partial charge in [-0.05, 0) is 157 Å². The van der Waals surface area contributed by atoms with E-state index in [1.54, 1.807) is 79.9 Å². The second-order valence-corrected chi connectivity index (χ2v) is 19.8. The van der Waals surface area contributed by atoms with Gasteiger partial charge in [0.1, 0.15) is 34.5 Å². The maximum Gasteiger partial charge on any atom is 0.206 e. The Morgan fingerprint density at radius 3 is 0.862 bits per heavy atom. The Kier molecular flexibility index (Phi) is 13.9. The summed E-state index contributed by atoms with van der Waals surface area (Å²) >= 11 is 0. The lowest BCUT2D eigenvalue weighted by Gasteiger charge is -2.26. The third-order valence-corrected chi connectivity index (χ3v) is 14.6. The average Bonchev–Trinajstić information content (AvgIpc) is 3.33. The predicted octanol–water partition coefficient (Wildman–Crippen LogP) is 13.3. The van der Waals surface area contributed by atoms with Gasteiger partial charge in [0, 0.05) is 5.41 Å². The standard InChI is InChI=1S/C29H28O4S.C26H22O4S/c1-21-5-7-22(8-6-21)29(2,3)23-9-11-25(12-10-23)33-26-15-19-28(20-16-26)34(30,31)27-17-13-24(32-4)14-18-27;1-19-3-5-20(6-4-19)21-7-9-23(10-8-21)30-24-13-17-26(18-14-24)31(27,28)25-15-11-22(29-2)12-16-25/h5-20H,1-4H3;3-18H,1-2H3. The van der Waals surface area contributed by atoms with E-state index in [4.69, 9.17) is 18.9 Å². The van der Waals surface area contributed by atoms with E-state index in [2.05, 4.69) is 88.4 Å². The van der Waals surface area contributed by atoms with Gasteiger partial charge < -0.3 is 18.9 Å². The van der Waals surface area contributed by atoms with Crippen molar-refractivity contribution in [3.8, 4) is 45.6 Å². The molecule has 0 heterocycles. The van der Waals surface area contributed by atoms with Crippen molar-refractivity contribution >= 4 is 19.7 Å². The van der Waals surface area contributed by atoms with Gasteiger partial charge in [-0.2, -0.15) is 0 Å². The molecule has 0 aromatic heterocycles. The molecule has 0 aliphatic carbocycles. The highest BCUT2D eigenvalue weighted by atomic mass is 32.2. The number of rotatable bonds is 13. The zero-order chi connectivity index (χ0) is 46.2. The van der Waals surface area contributed by atoms with E-state index >= 15 is 0 Å². The van der Waals surface area contributed by atoms with Crippen LogP contribution in [-0.2, 0) is 25.1 Å². The van der Waals surface area contributed by atoms with E-state index in [1.165, 1.54) is 53.6 Å². The lowest BCUT2D eigenvalue weighted by molar-refractivity contribution is 0.414. The van der Waals surface area contributed by atoms with Crippen LogP contribution in [-0.4, -0.2) is 31.1 Å². The van der Waals surface area contributed by atoms with Gasteiger partial charge in [0.15, 0.2) is 0 Å². The maximum absolute atomic E-state index is 12.9. The van der Waals surface area contributed by atoms with Gasteiger partial charge in [-0.15, -0.1) is 0 Å². The zero-order valence-corrected chi connectivity index (χ0v) is 38.7. The summed E-state index contributed by atoms with van der Waals surface area (Å²) in [6.45, 7) is 8.56. The van der Waals surface area contributed by atoms with Gasteiger partial charge in [-0.1, -0.05) is 97.8 Å². The number of hydrogen-bond acceptors (Lipinski definition) is 8. The number of benzene rings is 8. The van der Waals surface area contributed by atoms with Crippen LogP contribution in [0.5, 0.6) is 34.5 Å². The molecule has 0 fully saturated rings. The predicted molar refractivity (Wildman–Crippen MR) is 256 cm³/mol. The van der Waals surface area contributed by atoms with Crippen LogP contribution in [0.1, 0.15) is 36.1 Å². The summed E-state index contributed by atoms with van der Waals surface area (Å²) in [4.78, 5) is 0.849. The second-order valence-electron chi connectivity index (χ2n) is 15.9. The fourth-order valence-electron chi connectivity index (χ4n) is 6.97. The molecule has 330 valence electrons. The largest absolute Gasteiger partial charge is 0.497 e. The molecule has 0 saturated carbocycles. The molecule has 0 unspecified atom stereocenters. The van der Waals surface area contributed by atoms with Crippen molar-refractivity contribution in [1.29, 1.82) is 0 Å². The molecule has 0 spiro atoms. The first-order chi connectivity index (χ1) is 31.1. The van der Waals surface area contributed by atoms with Gasteiger partial charge in [-0.25, -0.2) is 16.8 Å². The van der Waals surface area contributed by atoms with Crippen LogP contribution < -0.4 is 18.9 Å². The van der Waals surface area contributed by atoms with E-state index in [0.717, 1.165) is 11.1 Å². The lowest BCUT2D eigenvalue weighted by Crippen LogP contribution is -2.18. The highest BCUT2D eigenvalue weighted by molar-refractivity contribution is 7.91. The Balaban J connectivity index is 0.000000195. The first kappa shape index (κ1) is 45.9. The van der Waals surface area contributed by atoms with Crippen LogP contribution >= 0.6 is 0 Å². The van der Waals surface area contributed by atoms with Crippen molar-refractivity contribution in [2.75, 3.05) is 14.2 Å². The van der Waals surface area contributed by atoms with E-state index in [9.17, 15) is 16.8 Å². The van der Waals surface area contributed by atoms with Crippen molar-refractivity contribution in [3.05, 3.63) is 216 Å². The SMILES string of the molecule is COc1ccc(S(=O)(=O)c2ccc(Oc3ccc(-c4ccc(C)cc4)cc3)cc2)cc1.COc1ccc(S(=O)(=O)c2ccc(Oc3ccc(C(C)(C)c4ccc(C)cc4)cc3)cc2)cc1. The van der Waals surface area contributed by atoms with E-state index < -0.39 is 19.7 Å². The summed E-state index contributed by atoms with van der Waals surface area (Å²) in [5, 5.41) is 0. The second kappa shape index (κ2) is 19.7. The Morgan fingerprint density at radius 2 is 0.554 bits per heavy atom. The van der Waals surface area contributed by atoms with Crippen LogP contribution in [0.3, 0.4) is 0 Å². The zero-order valence-electron chi connectivity index (χ0n) is 37.1. The summed E-state index contributed by atoms with van der Waals surface area (Å²) in [7, 11) is -4.14. The highest BCUT2D eigenvalue weighted by Crippen LogP contribution is 2.34. The molecule has 0 atom stereocenters. The molecule has 0 N–H and O–H groups in total. The summed E-state index contributed by atoms with van der Waals surface area (Å²) in [5.74, 6) is 3.72. The molecule has 8 rings (SSSR count). The van der Waals surface area contributed by atoms with Gasteiger partial charge >= 0.3 is 0 Å². The molecular formula is C55H50O8S2. The van der Waals surface area contributed by atoms with Gasteiger partial charge in [-0.3, -0.25) is 0 Å². The van der Waals surface area contributed by atoms with Gasteiger partial charge in [0.2, 0.25) is 19.7 Å². The number of methoxy groups -OCH3 is 2. The van der Waals surface area contributed by atoms with Crippen LogP contribution in [0.2, 0.25) is 0 Å². The van der Waals surface area contributed by atoms with Crippen LogP contribution in [0, 0.1) is 13.8 Å². The molecule has 0 radical (unpaired) electrons. The molecule has 65 heavy (non-hydrogen) atoms. The fraction of sp³-hybridized carbons (Fsp3) is 0.127. The minimum atomic E-state index is -3.62. The molecule has 8 aromatic carbocycles. The van der Waals surface area contributed by atoms with Crippen LogP contribution in [0.25, 0.3) is 11.1 Å². The Hall–Kier alpha value is -7.14. The van der Waals surface area contributed by atoms with E-state index in [-0.39, 0.29) is 25.0 Å². The summed E-state index contributed by atoms with van der Waals surface area (Å²) < 4.78 is 73.4. The van der Waals surface area contributed by atoms with Crippen molar-refractivity contribution < 1.29 is 35.8 Å². The minimum absolute atomic E-state index is 0.135. The summed E-state index contributed by atoms with van der Waals surface area (Å²) in [6, 6.07) is 58.3. The van der Waals surface area contributed by atoms with Crippen molar-refractivity contribution in [2.45, 2.75) is 52.7 Å². The summed E-state index contributed by atoms with van der Waals surface area (Å²) in [6.07, 6.45) is 0. The third kappa shape index (κ3) is 11.0. The van der Waals surface area contributed by atoms with E-state index in [0.29, 0.717) is 34.5 Å². The number of sulfone groups is 2. The molecule has 8 nitrogen and oxygen atoms in total. The maximum atomic E-state index is 12.9. The molecular weight excluding hydrogens is 853 g/mol. The molecule has 0 bridgehead atoms. The summed E-state index contributed by atoms with van der Waals surface area (Å²) in [5.41, 5.74) is 7.01. The smallest absolute Gasteiger partial charge is 0.206 e. The molecule has 0 amide bonds. The lowest BCUT2D eigenvalue weighted by atomic mass is 9.78. The molecule has 0 aliphatic rings.